The molecular weight excluding hydrogens is 497 g/mol. The smallest absolute Gasteiger partial charge is 0.268 e. The number of nitrogens with one attached hydrogen (secondary N) is 1. The van der Waals surface area contributed by atoms with Crippen LogP contribution in [0.5, 0.6) is 11.5 Å². The maximum absolute atomic E-state index is 14.6. The third-order valence-electron chi connectivity index (χ3n) is 5.60. The summed E-state index contributed by atoms with van der Waals surface area (Å²) in [6.45, 7) is 0.613. The van der Waals surface area contributed by atoms with Crippen LogP contribution in [0.15, 0.2) is 60.0 Å². The van der Waals surface area contributed by atoms with Crippen LogP contribution in [0.4, 0.5) is 4.39 Å². The number of rotatable bonds is 9. The molecule has 1 aromatic heterocycles. The monoisotopic (exact) mass is 519 g/mol. The zero-order chi connectivity index (χ0) is 24.8. The molecule has 2 aromatic carbocycles. The van der Waals surface area contributed by atoms with E-state index >= 15 is 0 Å². The molecule has 0 aliphatic heterocycles. The number of hydrogen-bond donors (Lipinski definition) is 1. The molecular formula is C24H23ClFN3O5S. The number of amides is 1. The Hall–Kier alpha value is -3.24. The summed E-state index contributed by atoms with van der Waals surface area (Å²) in [4.78, 5) is 20.1. The summed E-state index contributed by atoms with van der Waals surface area (Å²) < 4.78 is 53.0. The van der Waals surface area contributed by atoms with E-state index in [0.29, 0.717) is 18.3 Å². The van der Waals surface area contributed by atoms with Crippen molar-refractivity contribution in [3.05, 3.63) is 77.1 Å². The predicted octanol–water partition coefficient (Wildman–Crippen LogP) is 4.54. The molecule has 1 aliphatic carbocycles. The van der Waals surface area contributed by atoms with Crippen molar-refractivity contribution in [1.82, 2.24) is 14.7 Å². The summed E-state index contributed by atoms with van der Waals surface area (Å²) in [5.41, 5.74) is 0.240. The molecule has 1 heterocycles. The van der Waals surface area contributed by atoms with Gasteiger partial charge < -0.3 is 9.47 Å². The van der Waals surface area contributed by atoms with Gasteiger partial charge in [0.1, 0.15) is 30.3 Å². The minimum Gasteiger partial charge on any atom is -0.492 e. The molecule has 0 spiro atoms. The number of carbonyl (C=O) groups is 1. The summed E-state index contributed by atoms with van der Waals surface area (Å²) in [6.07, 6.45) is 8.98. The number of nitrogens with zero attached hydrogens (tertiary/aromatic N) is 2. The van der Waals surface area contributed by atoms with Crippen LogP contribution in [-0.4, -0.2) is 30.9 Å². The highest BCUT2D eigenvalue weighted by atomic mass is 35.5. The van der Waals surface area contributed by atoms with Gasteiger partial charge in [-0.1, -0.05) is 24.4 Å². The van der Waals surface area contributed by atoms with Crippen molar-refractivity contribution in [3.63, 3.8) is 0 Å². The van der Waals surface area contributed by atoms with Crippen molar-refractivity contribution in [2.24, 2.45) is 5.92 Å². The average molecular weight is 520 g/mol. The Morgan fingerprint density at radius 1 is 1.09 bits per heavy atom. The van der Waals surface area contributed by atoms with E-state index in [0.717, 1.165) is 43.4 Å². The van der Waals surface area contributed by atoms with Crippen LogP contribution in [-0.2, 0) is 16.6 Å². The van der Waals surface area contributed by atoms with Gasteiger partial charge in [-0.05, 0) is 49.1 Å². The van der Waals surface area contributed by atoms with Crippen LogP contribution >= 0.6 is 11.6 Å². The summed E-state index contributed by atoms with van der Waals surface area (Å²) >= 11 is 6.17. The Kier molecular flexibility index (Phi) is 7.82. The van der Waals surface area contributed by atoms with Crippen molar-refractivity contribution < 1.29 is 27.1 Å². The Morgan fingerprint density at radius 2 is 1.77 bits per heavy atom. The summed E-state index contributed by atoms with van der Waals surface area (Å²) in [5, 5.41) is 0.0252. The molecule has 1 amide bonds. The zero-order valence-corrected chi connectivity index (χ0v) is 20.2. The van der Waals surface area contributed by atoms with E-state index in [4.69, 9.17) is 21.1 Å². The highest BCUT2D eigenvalue weighted by Gasteiger charge is 2.23. The number of hydrogen-bond acceptors (Lipinski definition) is 7. The fourth-order valence-corrected chi connectivity index (χ4v) is 4.90. The van der Waals surface area contributed by atoms with Gasteiger partial charge in [0.15, 0.2) is 0 Å². The van der Waals surface area contributed by atoms with Crippen molar-refractivity contribution in [2.45, 2.75) is 37.2 Å². The van der Waals surface area contributed by atoms with Gasteiger partial charge in [0, 0.05) is 24.0 Å². The standard InChI is InChI=1S/C24H23ClFN3O5S/c25-21-9-20(22(26)10-23(21)34-13-16-3-1-2-4-16)24(30)29-35(31,32)19-7-5-18(6-8-19)33-14-17-11-27-15-28-12-17/h5-12,15-16H,1-4,13-14H2,(H,29,30). The topological polar surface area (TPSA) is 107 Å². The van der Waals surface area contributed by atoms with Crippen LogP contribution in [0.1, 0.15) is 41.6 Å². The van der Waals surface area contributed by atoms with Crippen LogP contribution in [0.3, 0.4) is 0 Å². The predicted molar refractivity (Wildman–Crippen MR) is 126 cm³/mol. The molecule has 3 aromatic rings. The number of halogens is 2. The molecule has 0 atom stereocenters. The highest BCUT2D eigenvalue weighted by Crippen LogP contribution is 2.31. The molecule has 11 heteroatoms. The van der Waals surface area contributed by atoms with Gasteiger partial charge >= 0.3 is 0 Å². The van der Waals surface area contributed by atoms with E-state index in [1.165, 1.54) is 30.6 Å². The number of benzene rings is 2. The van der Waals surface area contributed by atoms with Crippen LogP contribution in [0, 0.1) is 11.7 Å². The lowest BCUT2D eigenvalue weighted by molar-refractivity contribution is 0.0977. The van der Waals surface area contributed by atoms with Crippen molar-refractivity contribution >= 4 is 27.5 Å². The van der Waals surface area contributed by atoms with Gasteiger partial charge in [0.25, 0.3) is 15.9 Å². The summed E-state index contributed by atoms with van der Waals surface area (Å²) in [7, 11) is -4.27. The molecule has 8 nitrogen and oxygen atoms in total. The third kappa shape index (κ3) is 6.46. The summed E-state index contributed by atoms with van der Waals surface area (Å²) in [5.74, 6) is -1.15. The maximum Gasteiger partial charge on any atom is 0.268 e. The molecule has 0 saturated heterocycles. The minimum absolute atomic E-state index is 0.0252. The third-order valence-corrected chi connectivity index (χ3v) is 7.24. The van der Waals surface area contributed by atoms with Crippen LogP contribution in [0.25, 0.3) is 0 Å². The Morgan fingerprint density at radius 3 is 2.46 bits per heavy atom. The molecule has 184 valence electrons. The second-order valence-electron chi connectivity index (χ2n) is 8.17. The zero-order valence-electron chi connectivity index (χ0n) is 18.6. The number of aromatic nitrogens is 2. The van der Waals surface area contributed by atoms with Gasteiger partial charge in [0.05, 0.1) is 22.1 Å². The van der Waals surface area contributed by atoms with Crippen molar-refractivity contribution in [3.8, 4) is 11.5 Å². The lowest BCUT2D eigenvalue weighted by atomic mass is 10.1. The van der Waals surface area contributed by atoms with E-state index in [1.54, 1.807) is 12.4 Å². The Bertz CT molecular complexity index is 1280. The fourth-order valence-electron chi connectivity index (χ4n) is 3.72. The quantitative estimate of drug-likeness (QED) is 0.442. The van der Waals surface area contributed by atoms with Crippen LogP contribution in [0.2, 0.25) is 5.02 Å². The first-order valence-electron chi connectivity index (χ1n) is 11.0. The Labute approximate surface area is 207 Å². The Balaban J connectivity index is 1.39. The minimum atomic E-state index is -4.27. The molecule has 0 bridgehead atoms. The molecule has 35 heavy (non-hydrogen) atoms. The normalized spacial score (nSPS) is 14.0. The molecule has 1 saturated carbocycles. The molecule has 4 rings (SSSR count). The molecule has 1 aliphatic rings. The molecule has 1 N–H and O–H groups in total. The van der Waals surface area contributed by atoms with Crippen molar-refractivity contribution in [2.75, 3.05) is 6.61 Å². The lowest BCUT2D eigenvalue weighted by Crippen LogP contribution is -2.31. The van der Waals surface area contributed by atoms with Crippen molar-refractivity contribution in [1.29, 1.82) is 0 Å². The fraction of sp³-hybridized carbons (Fsp3) is 0.292. The molecule has 0 radical (unpaired) electrons. The van der Waals surface area contributed by atoms with E-state index in [2.05, 4.69) is 9.97 Å². The second kappa shape index (κ2) is 11.0. The lowest BCUT2D eigenvalue weighted by Gasteiger charge is -2.14. The first kappa shape index (κ1) is 24.9. The maximum atomic E-state index is 14.6. The van der Waals surface area contributed by atoms with Gasteiger partial charge in [-0.2, -0.15) is 0 Å². The molecule has 0 unspecified atom stereocenters. The highest BCUT2D eigenvalue weighted by molar-refractivity contribution is 7.90. The molecule has 1 fully saturated rings. The van der Waals surface area contributed by atoms with Gasteiger partial charge in [-0.3, -0.25) is 4.79 Å². The van der Waals surface area contributed by atoms with Crippen LogP contribution < -0.4 is 14.2 Å². The second-order valence-corrected chi connectivity index (χ2v) is 10.3. The first-order valence-corrected chi connectivity index (χ1v) is 12.8. The van der Waals surface area contributed by atoms with E-state index in [-0.39, 0.29) is 22.3 Å². The number of sulfonamides is 1. The number of carbonyl (C=O) groups excluding carboxylic acids is 1. The number of ether oxygens (including phenoxy) is 2. The van der Waals surface area contributed by atoms with Gasteiger partial charge in [-0.15, -0.1) is 0 Å². The van der Waals surface area contributed by atoms with E-state index < -0.39 is 27.3 Å². The van der Waals surface area contributed by atoms with E-state index in [1.807, 2.05) is 4.72 Å². The first-order chi connectivity index (χ1) is 16.8. The van der Waals surface area contributed by atoms with Gasteiger partial charge in [-0.25, -0.2) is 27.5 Å². The average Bonchev–Trinajstić information content (AvgIpc) is 3.37. The van der Waals surface area contributed by atoms with E-state index in [9.17, 15) is 17.6 Å². The SMILES string of the molecule is O=C(NS(=O)(=O)c1ccc(OCc2cncnc2)cc1)c1cc(Cl)c(OCC2CCCC2)cc1F. The largest absolute Gasteiger partial charge is 0.492 e. The van der Waals surface area contributed by atoms with Gasteiger partial charge in [0.2, 0.25) is 0 Å². The summed E-state index contributed by atoms with van der Waals surface area (Å²) in [6, 6.07) is 7.50.